The highest BCUT2D eigenvalue weighted by molar-refractivity contribution is 7.14. The first-order valence-corrected chi connectivity index (χ1v) is 9.28. The van der Waals surface area contributed by atoms with Crippen LogP contribution in [-0.4, -0.2) is 15.9 Å². The lowest BCUT2D eigenvalue weighted by atomic mass is 9.85. The Labute approximate surface area is 152 Å². The third kappa shape index (κ3) is 4.12. The predicted octanol–water partition coefficient (Wildman–Crippen LogP) is 4.97. The van der Waals surface area contributed by atoms with Crippen LogP contribution in [0.4, 0.5) is 5.13 Å². The van der Waals surface area contributed by atoms with Crippen LogP contribution in [0.5, 0.6) is 0 Å². The van der Waals surface area contributed by atoms with Gasteiger partial charge in [-0.2, -0.15) is 0 Å². The van der Waals surface area contributed by atoms with Crippen LogP contribution in [0.1, 0.15) is 31.7 Å². The van der Waals surface area contributed by atoms with Crippen molar-refractivity contribution in [3.8, 4) is 11.3 Å². The van der Waals surface area contributed by atoms with E-state index in [9.17, 15) is 4.79 Å². The number of nitrogens with zero attached hydrogens (tertiary/aromatic N) is 2. The maximum absolute atomic E-state index is 12.9. The van der Waals surface area contributed by atoms with E-state index < -0.39 is 0 Å². The fourth-order valence-electron chi connectivity index (χ4n) is 2.80. The second kappa shape index (κ2) is 8.03. The molecule has 2 aromatic heterocycles. The number of benzene rings is 1. The second-order valence-electron chi connectivity index (χ2n) is 6.04. The number of nitrogens with one attached hydrogen (secondary N) is 1. The Hall–Kier alpha value is -2.53. The molecule has 1 amide bonds. The number of rotatable bonds is 6. The third-order valence-electron chi connectivity index (χ3n) is 4.36. The van der Waals surface area contributed by atoms with Gasteiger partial charge in [0.15, 0.2) is 5.13 Å². The first kappa shape index (κ1) is 17.3. The van der Waals surface area contributed by atoms with Gasteiger partial charge in [0.05, 0.1) is 11.6 Å². The minimum absolute atomic E-state index is 0.00354. The molecule has 2 heterocycles. The minimum Gasteiger partial charge on any atom is -0.301 e. The molecule has 0 aliphatic heterocycles. The van der Waals surface area contributed by atoms with Crippen molar-refractivity contribution in [3.05, 3.63) is 65.8 Å². The molecule has 25 heavy (non-hydrogen) atoms. The van der Waals surface area contributed by atoms with Crippen molar-refractivity contribution < 1.29 is 4.79 Å². The molecule has 128 valence electrons. The van der Waals surface area contributed by atoms with Crippen LogP contribution in [0.2, 0.25) is 0 Å². The number of carbonyl (C=O) groups is 1. The number of hydrogen-bond donors (Lipinski definition) is 1. The van der Waals surface area contributed by atoms with E-state index >= 15 is 0 Å². The van der Waals surface area contributed by atoms with Crippen LogP contribution in [0.25, 0.3) is 11.3 Å². The monoisotopic (exact) mass is 351 g/mol. The number of anilines is 1. The van der Waals surface area contributed by atoms with E-state index in [0.717, 1.165) is 23.2 Å². The quantitative estimate of drug-likeness (QED) is 0.682. The number of thiazole rings is 1. The number of pyridine rings is 1. The number of amides is 1. The van der Waals surface area contributed by atoms with E-state index in [2.05, 4.69) is 29.1 Å². The van der Waals surface area contributed by atoms with E-state index in [-0.39, 0.29) is 17.7 Å². The van der Waals surface area contributed by atoms with Gasteiger partial charge < -0.3 is 5.32 Å². The highest BCUT2D eigenvalue weighted by Gasteiger charge is 2.26. The van der Waals surface area contributed by atoms with Crippen LogP contribution >= 0.6 is 11.3 Å². The zero-order valence-electron chi connectivity index (χ0n) is 14.3. The SMILES string of the molecule is CC[C@H](C)[C@H](C(=O)Nc1nc(-c2ccncc2)cs1)c1ccccc1. The molecule has 0 aliphatic rings. The van der Waals surface area contributed by atoms with Crippen molar-refractivity contribution in [2.24, 2.45) is 5.92 Å². The average Bonchev–Trinajstić information content (AvgIpc) is 3.12. The normalized spacial score (nSPS) is 13.2. The van der Waals surface area contributed by atoms with Crippen molar-refractivity contribution in [1.29, 1.82) is 0 Å². The summed E-state index contributed by atoms with van der Waals surface area (Å²) in [4.78, 5) is 21.5. The summed E-state index contributed by atoms with van der Waals surface area (Å²) in [5, 5.41) is 5.57. The molecule has 3 aromatic rings. The molecule has 2 atom stereocenters. The molecule has 5 heteroatoms. The Kier molecular flexibility index (Phi) is 5.56. The Bertz CT molecular complexity index is 817. The summed E-state index contributed by atoms with van der Waals surface area (Å²) in [5.41, 5.74) is 2.89. The minimum atomic E-state index is -0.181. The molecule has 0 saturated carbocycles. The zero-order valence-corrected chi connectivity index (χ0v) is 15.2. The zero-order chi connectivity index (χ0) is 17.6. The smallest absolute Gasteiger partial charge is 0.233 e. The van der Waals surface area contributed by atoms with Gasteiger partial charge >= 0.3 is 0 Å². The molecular formula is C20H21N3OS. The van der Waals surface area contributed by atoms with Crippen LogP contribution in [0.3, 0.4) is 0 Å². The van der Waals surface area contributed by atoms with E-state index in [0.29, 0.717) is 5.13 Å². The van der Waals surface area contributed by atoms with Crippen LogP contribution in [-0.2, 0) is 4.79 Å². The van der Waals surface area contributed by atoms with Crippen molar-refractivity contribution in [3.63, 3.8) is 0 Å². The summed E-state index contributed by atoms with van der Waals surface area (Å²) in [7, 11) is 0. The average molecular weight is 351 g/mol. The van der Waals surface area contributed by atoms with Gasteiger partial charge in [0.2, 0.25) is 5.91 Å². The second-order valence-corrected chi connectivity index (χ2v) is 6.90. The fraction of sp³-hybridized carbons (Fsp3) is 0.250. The van der Waals surface area contributed by atoms with Gasteiger partial charge in [-0.1, -0.05) is 50.6 Å². The van der Waals surface area contributed by atoms with Crippen molar-refractivity contribution in [1.82, 2.24) is 9.97 Å². The highest BCUT2D eigenvalue weighted by Crippen LogP contribution is 2.30. The van der Waals surface area contributed by atoms with E-state index in [4.69, 9.17) is 0 Å². The molecule has 1 aromatic carbocycles. The molecule has 0 radical (unpaired) electrons. The predicted molar refractivity (Wildman–Crippen MR) is 103 cm³/mol. The van der Waals surface area contributed by atoms with Gasteiger partial charge in [0, 0.05) is 23.3 Å². The van der Waals surface area contributed by atoms with Gasteiger partial charge in [0.25, 0.3) is 0 Å². The maximum Gasteiger partial charge on any atom is 0.233 e. The highest BCUT2D eigenvalue weighted by atomic mass is 32.1. The van der Waals surface area contributed by atoms with E-state index in [1.54, 1.807) is 12.4 Å². The molecule has 4 nitrogen and oxygen atoms in total. The number of carbonyl (C=O) groups excluding carboxylic acids is 1. The van der Waals surface area contributed by atoms with Crippen LogP contribution in [0.15, 0.2) is 60.2 Å². The van der Waals surface area contributed by atoms with E-state index in [1.807, 2.05) is 47.8 Å². The molecule has 0 unspecified atom stereocenters. The van der Waals surface area contributed by atoms with Gasteiger partial charge in [-0.15, -0.1) is 11.3 Å². The topological polar surface area (TPSA) is 54.9 Å². The van der Waals surface area contributed by atoms with Crippen LogP contribution in [0, 0.1) is 5.92 Å². The van der Waals surface area contributed by atoms with E-state index in [1.165, 1.54) is 11.3 Å². The molecule has 1 N–H and O–H groups in total. The largest absolute Gasteiger partial charge is 0.301 e. The Balaban J connectivity index is 1.79. The molecule has 0 spiro atoms. The van der Waals surface area contributed by atoms with Crippen molar-refractivity contribution in [2.45, 2.75) is 26.2 Å². The molecule has 0 saturated heterocycles. The lowest BCUT2D eigenvalue weighted by Gasteiger charge is -2.22. The van der Waals surface area contributed by atoms with Gasteiger partial charge in [-0.25, -0.2) is 4.98 Å². The summed E-state index contributed by atoms with van der Waals surface area (Å²) >= 11 is 1.44. The van der Waals surface area contributed by atoms with Crippen molar-refractivity contribution in [2.75, 3.05) is 5.32 Å². The standard InChI is InChI=1S/C20H21N3OS/c1-3-14(2)18(16-7-5-4-6-8-16)19(24)23-20-22-17(13-25-20)15-9-11-21-12-10-15/h4-14,18H,3H2,1-2H3,(H,22,23,24)/t14-,18-/m0/s1. The summed E-state index contributed by atoms with van der Waals surface area (Å²) in [6, 6.07) is 13.8. The number of hydrogen-bond acceptors (Lipinski definition) is 4. The van der Waals surface area contributed by atoms with Gasteiger partial charge in [-0.3, -0.25) is 9.78 Å². The molecule has 0 fully saturated rings. The van der Waals surface area contributed by atoms with Crippen LogP contribution < -0.4 is 5.32 Å². The summed E-state index contributed by atoms with van der Waals surface area (Å²) in [6.45, 7) is 4.22. The third-order valence-corrected chi connectivity index (χ3v) is 5.12. The lowest BCUT2D eigenvalue weighted by molar-refractivity contribution is -0.118. The van der Waals surface area contributed by atoms with Gasteiger partial charge in [0.1, 0.15) is 0 Å². The Morgan fingerprint density at radius 1 is 1.16 bits per heavy atom. The van der Waals surface area contributed by atoms with Gasteiger partial charge in [-0.05, 0) is 23.6 Å². The molecule has 0 aliphatic carbocycles. The summed E-state index contributed by atoms with van der Waals surface area (Å²) in [5.74, 6) is 0.0673. The maximum atomic E-state index is 12.9. The summed E-state index contributed by atoms with van der Waals surface area (Å²) < 4.78 is 0. The van der Waals surface area contributed by atoms with Crippen molar-refractivity contribution >= 4 is 22.4 Å². The first-order valence-electron chi connectivity index (χ1n) is 8.40. The summed E-state index contributed by atoms with van der Waals surface area (Å²) in [6.07, 6.45) is 4.41. The molecule has 0 bridgehead atoms. The molecular weight excluding hydrogens is 330 g/mol. The molecule has 3 rings (SSSR count). The fourth-order valence-corrected chi connectivity index (χ4v) is 3.53. The Morgan fingerprint density at radius 2 is 1.88 bits per heavy atom. The Morgan fingerprint density at radius 3 is 2.56 bits per heavy atom. The lowest BCUT2D eigenvalue weighted by Crippen LogP contribution is -2.26. The number of aromatic nitrogens is 2. The first-order chi connectivity index (χ1) is 12.2.